The van der Waals surface area contributed by atoms with E-state index in [4.69, 9.17) is 10.5 Å². The number of ether oxygens (including phenoxy) is 1. The summed E-state index contributed by atoms with van der Waals surface area (Å²) >= 11 is 0. The minimum Gasteiger partial charge on any atom is -0.438 e. The predicted molar refractivity (Wildman–Crippen MR) is 120 cm³/mol. The van der Waals surface area contributed by atoms with E-state index in [2.05, 4.69) is 27.0 Å². The number of nitrogens with one attached hydrogen (secondary N) is 1. The summed E-state index contributed by atoms with van der Waals surface area (Å²) in [6, 6.07) is 13.2. The number of nitrogens with two attached hydrogens (primary N) is 1. The van der Waals surface area contributed by atoms with E-state index in [0.29, 0.717) is 41.8 Å². The molecule has 0 bridgehead atoms. The van der Waals surface area contributed by atoms with E-state index in [1.54, 1.807) is 42.6 Å². The Morgan fingerprint density at radius 3 is 2.88 bits per heavy atom. The lowest BCUT2D eigenvalue weighted by molar-refractivity contribution is -0.111. The van der Waals surface area contributed by atoms with Gasteiger partial charge in [0.15, 0.2) is 0 Å². The number of anilines is 2. The summed E-state index contributed by atoms with van der Waals surface area (Å²) in [5.74, 6) is 0.300. The van der Waals surface area contributed by atoms with Crippen LogP contribution in [0.3, 0.4) is 0 Å². The molecule has 32 heavy (non-hydrogen) atoms. The largest absolute Gasteiger partial charge is 0.438 e. The minimum atomic E-state index is -0.322. The van der Waals surface area contributed by atoms with Crippen LogP contribution in [-0.4, -0.2) is 33.6 Å². The number of hydrazone groups is 1. The van der Waals surface area contributed by atoms with Crippen LogP contribution in [0.5, 0.6) is 11.6 Å². The molecule has 1 atom stereocenters. The van der Waals surface area contributed by atoms with Gasteiger partial charge in [-0.1, -0.05) is 24.8 Å². The molecular weight excluding hydrogens is 411 g/mol. The number of hydrogen-bond acceptors (Lipinski definition) is 7. The molecule has 1 unspecified atom stereocenters. The second-order valence-electron chi connectivity index (χ2n) is 7.15. The number of halogens is 1. The third-order valence-electron chi connectivity index (χ3n) is 4.85. The Kier molecular flexibility index (Phi) is 6.07. The van der Waals surface area contributed by atoms with Gasteiger partial charge in [-0.05, 0) is 35.9 Å². The molecule has 0 spiro atoms. The molecule has 1 aromatic heterocycles. The van der Waals surface area contributed by atoms with E-state index in [-0.39, 0.29) is 17.6 Å². The van der Waals surface area contributed by atoms with E-state index in [1.807, 2.05) is 5.01 Å². The van der Waals surface area contributed by atoms with Crippen molar-refractivity contribution in [1.29, 1.82) is 0 Å². The Hall–Kier alpha value is -4.27. The van der Waals surface area contributed by atoms with Gasteiger partial charge in [-0.25, -0.2) is 14.4 Å². The van der Waals surface area contributed by atoms with E-state index < -0.39 is 0 Å². The molecule has 3 aromatic rings. The molecular formula is C23H21FN6O2. The summed E-state index contributed by atoms with van der Waals surface area (Å²) in [4.78, 5) is 19.9. The van der Waals surface area contributed by atoms with Crippen LogP contribution in [-0.2, 0) is 11.3 Å². The van der Waals surface area contributed by atoms with Gasteiger partial charge in [0.2, 0.25) is 11.8 Å². The Morgan fingerprint density at radius 2 is 2.09 bits per heavy atom. The highest BCUT2D eigenvalue weighted by molar-refractivity contribution is 5.98. The van der Waals surface area contributed by atoms with Crippen LogP contribution in [0.15, 0.2) is 72.6 Å². The van der Waals surface area contributed by atoms with Gasteiger partial charge in [0.05, 0.1) is 12.1 Å². The number of nitrogens with zero attached hydrogens (tertiary/aromatic N) is 4. The Labute approximate surface area is 184 Å². The van der Waals surface area contributed by atoms with Gasteiger partial charge in [0.25, 0.3) is 0 Å². The quantitative estimate of drug-likeness (QED) is 0.552. The standard InChI is InChI=1S/C23H21FN6O2/c1-2-20(31)29-18-4-3-5-19(10-18)32-23-21(22(25)26-14-27-23)16-11-28-30(13-16)12-15-6-8-17(24)9-7-15/h2-11,14,16H,1,12-13H2,(H,29,31)(H2,25,26,27). The fourth-order valence-corrected chi connectivity index (χ4v) is 3.33. The molecule has 2 aromatic carbocycles. The van der Waals surface area contributed by atoms with Crippen LogP contribution in [0.2, 0.25) is 0 Å². The molecule has 1 aliphatic heterocycles. The highest BCUT2D eigenvalue weighted by Crippen LogP contribution is 2.34. The summed E-state index contributed by atoms with van der Waals surface area (Å²) < 4.78 is 19.1. The van der Waals surface area contributed by atoms with Crippen LogP contribution in [0.1, 0.15) is 17.0 Å². The number of hydrogen-bond donors (Lipinski definition) is 2. The molecule has 8 nitrogen and oxygen atoms in total. The molecule has 3 N–H and O–H groups in total. The summed E-state index contributed by atoms with van der Waals surface area (Å²) in [7, 11) is 0. The zero-order valence-corrected chi connectivity index (χ0v) is 17.1. The number of nitrogen functional groups attached to an aromatic ring is 1. The SMILES string of the molecule is C=CC(=O)Nc1cccc(Oc2ncnc(N)c2C2C=NN(Cc3ccc(F)cc3)C2)c1. The number of carbonyl (C=O) groups excluding carboxylic acids is 1. The molecule has 4 rings (SSSR count). The highest BCUT2D eigenvalue weighted by atomic mass is 19.1. The third-order valence-corrected chi connectivity index (χ3v) is 4.85. The Bertz CT molecular complexity index is 1170. The van der Waals surface area contributed by atoms with Crippen molar-refractivity contribution in [2.45, 2.75) is 12.5 Å². The summed E-state index contributed by atoms with van der Waals surface area (Å²) in [5, 5.41) is 8.99. The van der Waals surface area contributed by atoms with Crippen molar-refractivity contribution >= 4 is 23.6 Å². The van der Waals surface area contributed by atoms with Crippen LogP contribution < -0.4 is 15.8 Å². The molecule has 0 aliphatic carbocycles. The van der Waals surface area contributed by atoms with Gasteiger partial charge >= 0.3 is 0 Å². The van der Waals surface area contributed by atoms with Crippen molar-refractivity contribution < 1.29 is 13.9 Å². The van der Waals surface area contributed by atoms with Crippen LogP contribution in [0.25, 0.3) is 0 Å². The number of amides is 1. The minimum absolute atomic E-state index is 0.185. The maximum atomic E-state index is 13.1. The van der Waals surface area contributed by atoms with E-state index in [0.717, 1.165) is 5.56 Å². The number of rotatable bonds is 7. The molecule has 9 heteroatoms. The number of benzene rings is 2. The van der Waals surface area contributed by atoms with Crippen LogP contribution >= 0.6 is 0 Å². The predicted octanol–water partition coefficient (Wildman–Crippen LogP) is 3.70. The summed E-state index contributed by atoms with van der Waals surface area (Å²) in [6.07, 6.45) is 4.29. The normalized spacial score (nSPS) is 14.9. The smallest absolute Gasteiger partial charge is 0.247 e. The first-order chi connectivity index (χ1) is 15.5. The second-order valence-corrected chi connectivity index (χ2v) is 7.15. The molecule has 1 aliphatic rings. The lowest BCUT2D eigenvalue weighted by atomic mass is 10.0. The maximum Gasteiger partial charge on any atom is 0.247 e. The average molecular weight is 432 g/mol. The van der Waals surface area contributed by atoms with E-state index in [9.17, 15) is 9.18 Å². The van der Waals surface area contributed by atoms with Crippen molar-refractivity contribution in [3.05, 3.63) is 84.5 Å². The molecule has 0 saturated carbocycles. The van der Waals surface area contributed by atoms with Crippen molar-refractivity contribution in [2.75, 3.05) is 17.6 Å². The van der Waals surface area contributed by atoms with Crippen LogP contribution in [0.4, 0.5) is 15.9 Å². The summed E-state index contributed by atoms with van der Waals surface area (Å²) in [6.45, 7) is 4.51. The molecule has 2 heterocycles. The Balaban J connectivity index is 1.51. The monoisotopic (exact) mass is 432 g/mol. The van der Waals surface area contributed by atoms with E-state index in [1.165, 1.54) is 24.5 Å². The van der Waals surface area contributed by atoms with Crippen LogP contribution in [0, 0.1) is 5.82 Å². The fraction of sp³-hybridized carbons (Fsp3) is 0.130. The van der Waals surface area contributed by atoms with Crippen molar-refractivity contribution in [3.63, 3.8) is 0 Å². The first-order valence-electron chi connectivity index (χ1n) is 9.87. The molecule has 0 radical (unpaired) electrons. The molecule has 1 amide bonds. The highest BCUT2D eigenvalue weighted by Gasteiger charge is 2.26. The van der Waals surface area contributed by atoms with Gasteiger partial charge in [-0.15, -0.1) is 0 Å². The average Bonchev–Trinajstić information content (AvgIpc) is 3.23. The zero-order valence-electron chi connectivity index (χ0n) is 17.1. The Morgan fingerprint density at radius 1 is 1.28 bits per heavy atom. The third kappa shape index (κ3) is 4.89. The number of carbonyl (C=O) groups is 1. The first kappa shape index (κ1) is 21.0. The second kappa shape index (κ2) is 9.25. The zero-order chi connectivity index (χ0) is 22.5. The van der Waals surface area contributed by atoms with Gasteiger partial charge in [-0.2, -0.15) is 5.10 Å². The molecule has 162 valence electrons. The lowest BCUT2D eigenvalue weighted by Crippen LogP contribution is -2.19. The summed E-state index contributed by atoms with van der Waals surface area (Å²) in [5.41, 5.74) is 8.29. The number of aromatic nitrogens is 2. The topological polar surface area (TPSA) is 106 Å². The molecule has 0 saturated heterocycles. The lowest BCUT2D eigenvalue weighted by Gasteiger charge is -2.18. The van der Waals surface area contributed by atoms with E-state index >= 15 is 0 Å². The fourth-order valence-electron chi connectivity index (χ4n) is 3.33. The maximum absolute atomic E-state index is 13.1. The van der Waals surface area contributed by atoms with Gasteiger partial charge in [0, 0.05) is 30.4 Å². The van der Waals surface area contributed by atoms with Crippen molar-refractivity contribution in [3.8, 4) is 11.6 Å². The van der Waals surface area contributed by atoms with Crippen molar-refractivity contribution in [1.82, 2.24) is 15.0 Å². The molecule has 0 fully saturated rings. The van der Waals surface area contributed by atoms with Crippen molar-refractivity contribution in [2.24, 2.45) is 5.10 Å². The first-order valence-corrected chi connectivity index (χ1v) is 9.87. The van der Waals surface area contributed by atoms with Gasteiger partial charge in [0.1, 0.15) is 23.7 Å². The van der Waals surface area contributed by atoms with Gasteiger partial charge < -0.3 is 15.8 Å². The van der Waals surface area contributed by atoms with Gasteiger partial charge in [-0.3, -0.25) is 9.80 Å².